The Balaban J connectivity index is 0.000000264. The molecule has 0 radical (unpaired) electrons. The van der Waals surface area contributed by atoms with Crippen LogP contribution < -0.4 is 5.73 Å². The number of nitrogens with zero attached hydrogens (tertiary/aromatic N) is 1. The molecule has 0 saturated heterocycles. The predicted octanol–water partition coefficient (Wildman–Crippen LogP) is 1.97. The minimum Gasteiger partial charge on any atom is -0.480 e. The van der Waals surface area contributed by atoms with Crippen molar-refractivity contribution in [3.8, 4) is 0 Å². The van der Waals surface area contributed by atoms with Crippen LogP contribution in [-0.4, -0.2) is 76.7 Å². The largest absolute Gasteiger partial charge is 0.480 e. The second-order valence-electron chi connectivity index (χ2n) is 8.28. The van der Waals surface area contributed by atoms with Gasteiger partial charge in [-0.3, -0.25) is 14.5 Å². The number of carbonyl (C=O) groups excluding carboxylic acids is 2. The lowest BCUT2D eigenvalue weighted by atomic mass is 9.90. The van der Waals surface area contributed by atoms with Gasteiger partial charge < -0.3 is 25.4 Å². The van der Waals surface area contributed by atoms with E-state index >= 15 is 0 Å². The number of benzene rings is 2. The number of likely N-dealkylation sites (N-methyl/N-ethyl adjacent to an activating group) is 1. The van der Waals surface area contributed by atoms with E-state index in [0.29, 0.717) is 0 Å². The van der Waals surface area contributed by atoms with Crippen molar-refractivity contribution >= 4 is 29.3 Å². The number of rotatable bonds is 9. The number of esters is 1. The molecule has 4 atom stereocenters. The Kier molecular flexibility index (Phi) is 11.1. The number of hydrogen-bond donors (Lipinski definition) is 3. The van der Waals surface area contributed by atoms with Crippen molar-refractivity contribution in [1.82, 2.24) is 4.90 Å². The summed E-state index contributed by atoms with van der Waals surface area (Å²) in [5.74, 6) is -3.50. The lowest BCUT2D eigenvalue weighted by molar-refractivity contribution is -0.159. The first-order valence-electron chi connectivity index (χ1n) is 11.6. The first-order chi connectivity index (χ1) is 17.6. The van der Waals surface area contributed by atoms with Gasteiger partial charge >= 0.3 is 17.9 Å². The summed E-state index contributed by atoms with van der Waals surface area (Å²) in [6.45, 7) is 4.00. The molecule has 0 amide bonds. The van der Waals surface area contributed by atoms with Crippen molar-refractivity contribution in [3.63, 3.8) is 0 Å². The van der Waals surface area contributed by atoms with Crippen molar-refractivity contribution in [2.45, 2.75) is 44.7 Å². The lowest BCUT2D eigenvalue weighted by Crippen LogP contribution is -2.52. The number of carboxylic acids is 2. The molecule has 2 aromatic rings. The van der Waals surface area contributed by atoms with Crippen LogP contribution in [0.25, 0.3) is 5.57 Å². The third-order valence-electron chi connectivity index (χ3n) is 5.78. The van der Waals surface area contributed by atoms with Gasteiger partial charge in [-0.15, -0.1) is 0 Å². The Bertz CT molecular complexity index is 1100. The summed E-state index contributed by atoms with van der Waals surface area (Å²) in [5, 5.41) is 17.4. The zero-order valence-corrected chi connectivity index (χ0v) is 20.9. The van der Waals surface area contributed by atoms with Crippen LogP contribution in [0.15, 0.2) is 66.7 Å². The van der Waals surface area contributed by atoms with Crippen molar-refractivity contribution in [2.24, 2.45) is 5.73 Å². The van der Waals surface area contributed by atoms with Crippen LogP contribution >= 0.6 is 0 Å². The van der Waals surface area contributed by atoms with E-state index in [-0.39, 0.29) is 25.0 Å². The van der Waals surface area contributed by atoms with Crippen LogP contribution in [0, 0.1) is 0 Å². The van der Waals surface area contributed by atoms with Gasteiger partial charge in [-0.1, -0.05) is 60.7 Å². The third-order valence-corrected chi connectivity index (χ3v) is 5.78. The molecule has 37 heavy (non-hydrogen) atoms. The van der Waals surface area contributed by atoms with Crippen LogP contribution in [0.1, 0.15) is 25.0 Å². The second kappa shape index (κ2) is 14.0. The zero-order valence-electron chi connectivity index (χ0n) is 20.9. The Labute approximate surface area is 215 Å². The SMILES string of the molecule is CCOC(=O)C1C(=O)C=C(c2ccccc2)C(C)N1C.N[C@H](C(=O)O)[C@H](OCc1ccccc1)C(=O)O. The molecule has 2 unspecified atom stereocenters. The minimum absolute atomic E-state index is 0.00120. The Morgan fingerprint density at radius 3 is 2.08 bits per heavy atom. The number of carboxylic acid groups (broad SMARTS) is 2. The first-order valence-corrected chi connectivity index (χ1v) is 11.6. The number of carbonyl (C=O) groups is 4. The van der Waals surface area contributed by atoms with E-state index in [0.717, 1.165) is 16.7 Å². The van der Waals surface area contributed by atoms with E-state index in [2.05, 4.69) is 0 Å². The van der Waals surface area contributed by atoms with Gasteiger partial charge in [-0.05, 0) is 43.7 Å². The monoisotopic (exact) mass is 512 g/mol. The van der Waals surface area contributed by atoms with Crippen LogP contribution in [-0.2, 0) is 35.3 Å². The summed E-state index contributed by atoms with van der Waals surface area (Å²) in [7, 11) is 1.78. The molecule has 10 heteroatoms. The average molecular weight is 513 g/mol. The molecule has 0 fully saturated rings. The minimum atomic E-state index is -1.59. The zero-order chi connectivity index (χ0) is 27.5. The predicted molar refractivity (Wildman–Crippen MR) is 135 cm³/mol. The van der Waals surface area contributed by atoms with Gasteiger partial charge in [-0.2, -0.15) is 0 Å². The van der Waals surface area contributed by atoms with Crippen LogP contribution in [0.3, 0.4) is 0 Å². The fourth-order valence-corrected chi connectivity index (χ4v) is 3.67. The van der Waals surface area contributed by atoms with Gasteiger partial charge in [0, 0.05) is 6.04 Å². The molecule has 3 rings (SSSR count). The average Bonchev–Trinajstić information content (AvgIpc) is 2.87. The molecule has 0 spiro atoms. The molecule has 1 heterocycles. The molecule has 198 valence electrons. The normalized spacial score (nSPS) is 19.0. The number of aliphatic carboxylic acids is 2. The van der Waals surface area contributed by atoms with Gasteiger partial charge in [0.25, 0.3) is 0 Å². The molecule has 0 aromatic heterocycles. The fourth-order valence-electron chi connectivity index (χ4n) is 3.67. The van der Waals surface area contributed by atoms with E-state index in [1.165, 1.54) is 0 Å². The number of nitrogens with two attached hydrogens (primary N) is 1. The summed E-state index contributed by atoms with van der Waals surface area (Å²) in [5.41, 5.74) is 7.90. The van der Waals surface area contributed by atoms with Gasteiger partial charge in [0.1, 0.15) is 6.04 Å². The van der Waals surface area contributed by atoms with E-state index < -0.39 is 36.1 Å². The van der Waals surface area contributed by atoms with E-state index in [9.17, 15) is 19.2 Å². The van der Waals surface area contributed by atoms with Crippen molar-refractivity contribution in [1.29, 1.82) is 0 Å². The quantitative estimate of drug-likeness (QED) is 0.335. The van der Waals surface area contributed by atoms with Crippen LogP contribution in [0.2, 0.25) is 0 Å². The Morgan fingerprint density at radius 2 is 1.57 bits per heavy atom. The molecule has 0 aliphatic carbocycles. The van der Waals surface area contributed by atoms with Crippen molar-refractivity contribution in [3.05, 3.63) is 77.9 Å². The number of ether oxygens (including phenoxy) is 2. The van der Waals surface area contributed by atoms with Gasteiger partial charge in [0.2, 0.25) is 0 Å². The van der Waals surface area contributed by atoms with E-state index in [1.807, 2.05) is 37.3 Å². The third kappa shape index (κ3) is 8.07. The summed E-state index contributed by atoms with van der Waals surface area (Å²) >= 11 is 0. The maximum Gasteiger partial charge on any atom is 0.335 e. The van der Waals surface area contributed by atoms with Crippen molar-refractivity contribution in [2.75, 3.05) is 13.7 Å². The van der Waals surface area contributed by atoms with E-state index in [4.69, 9.17) is 25.4 Å². The number of ketones is 1. The summed E-state index contributed by atoms with van der Waals surface area (Å²) in [6.07, 6.45) is 0.00871. The highest BCUT2D eigenvalue weighted by atomic mass is 16.5. The highest BCUT2D eigenvalue weighted by Gasteiger charge is 2.38. The van der Waals surface area contributed by atoms with Gasteiger partial charge in [0.05, 0.1) is 13.2 Å². The summed E-state index contributed by atoms with van der Waals surface area (Å²) < 4.78 is 9.99. The lowest BCUT2D eigenvalue weighted by Gasteiger charge is -2.35. The molecule has 4 N–H and O–H groups in total. The molecule has 10 nitrogen and oxygen atoms in total. The molecule has 1 aliphatic rings. The first kappa shape index (κ1) is 29.4. The molecule has 0 bridgehead atoms. The molecule has 0 saturated carbocycles. The standard InChI is InChI=1S/C16H19NO3.C11H13NO5/c1-4-20-16(19)15-14(18)10-13(11(2)17(15)3)12-8-6-5-7-9-12;12-8(10(13)14)9(11(15)16)17-6-7-4-2-1-3-5-7/h5-11,15H,4H2,1-3H3;1-5,8-9H,6,12H2,(H,13,14)(H,15,16)/t;8-,9-/m.0/s1. The van der Waals surface area contributed by atoms with Gasteiger partial charge in [-0.25, -0.2) is 9.59 Å². The smallest absolute Gasteiger partial charge is 0.335 e. The van der Waals surface area contributed by atoms with Crippen molar-refractivity contribution < 1.29 is 38.9 Å². The highest BCUT2D eigenvalue weighted by Crippen LogP contribution is 2.28. The summed E-state index contributed by atoms with van der Waals surface area (Å²) in [6, 6.07) is 16.1. The van der Waals surface area contributed by atoms with Gasteiger partial charge in [0.15, 0.2) is 17.9 Å². The molecule has 1 aliphatic heterocycles. The van der Waals surface area contributed by atoms with E-state index in [1.54, 1.807) is 55.3 Å². The maximum atomic E-state index is 12.2. The highest BCUT2D eigenvalue weighted by molar-refractivity contribution is 6.13. The maximum absolute atomic E-state index is 12.2. The fraction of sp³-hybridized carbons (Fsp3) is 0.333. The molecular weight excluding hydrogens is 480 g/mol. The van der Waals surface area contributed by atoms with Crippen LogP contribution in [0.5, 0.6) is 0 Å². The van der Waals surface area contributed by atoms with Crippen LogP contribution in [0.4, 0.5) is 0 Å². The number of hydrogen-bond acceptors (Lipinski definition) is 8. The Morgan fingerprint density at radius 1 is 1.00 bits per heavy atom. The Hall–Kier alpha value is -3.86. The molecule has 2 aromatic carbocycles. The molecular formula is C27H32N2O8. The second-order valence-corrected chi connectivity index (χ2v) is 8.28. The summed E-state index contributed by atoms with van der Waals surface area (Å²) in [4.78, 5) is 47.3. The topological polar surface area (TPSA) is 156 Å².